The molecule has 1 saturated heterocycles. The van der Waals surface area contributed by atoms with Gasteiger partial charge in [-0.2, -0.15) is 4.31 Å². The van der Waals surface area contributed by atoms with Crippen molar-refractivity contribution < 1.29 is 17.9 Å². The predicted molar refractivity (Wildman–Crippen MR) is 69.4 cm³/mol. The average Bonchev–Trinajstić information content (AvgIpc) is 2.31. The molecule has 0 aliphatic carbocycles. The summed E-state index contributed by atoms with van der Waals surface area (Å²) in [5, 5.41) is 9.81. The number of piperidine rings is 1. The maximum absolute atomic E-state index is 13.7. The summed E-state index contributed by atoms with van der Waals surface area (Å²) < 4.78 is 39.5. The number of hydrogen-bond acceptors (Lipinski definition) is 4. The molecule has 0 bridgehead atoms. The largest absolute Gasteiger partial charge is 0.399 e. The molecule has 7 heteroatoms. The highest BCUT2D eigenvalue weighted by atomic mass is 32.2. The van der Waals surface area contributed by atoms with E-state index in [1.54, 1.807) is 6.92 Å². The second kappa shape index (κ2) is 4.73. The molecule has 0 amide bonds. The molecule has 0 aromatic heterocycles. The third-order valence-electron chi connectivity index (χ3n) is 3.37. The molecule has 0 unspecified atom stereocenters. The van der Waals surface area contributed by atoms with Crippen LogP contribution < -0.4 is 5.73 Å². The van der Waals surface area contributed by atoms with Crippen LogP contribution in [0.25, 0.3) is 0 Å². The van der Waals surface area contributed by atoms with Gasteiger partial charge in [0.15, 0.2) is 0 Å². The molecule has 5 nitrogen and oxygen atoms in total. The van der Waals surface area contributed by atoms with E-state index in [1.807, 2.05) is 0 Å². The van der Waals surface area contributed by atoms with Gasteiger partial charge in [0.25, 0.3) is 0 Å². The zero-order chi connectivity index (χ0) is 14.3. The molecule has 0 spiro atoms. The van der Waals surface area contributed by atoms with Crippen molar-refractivity contribution >= 4 is 15.7 Å². The molecule has 3 N–H and O–H groups in total. The van der Waals surface area contributed by atoms with Crippen molar-refractivity contribution in [2.24, 2.45) is 0 Å². The molecule has 0 saturated carbocycles. The van der Waals surface area contributed by atoms with Crippen LogP contribution >= 0.6 is 0 Å². The summed E-state index contributed by atoms with van der Waals surface area (Å²) >= 11 is 0. The third kappa shape index (κ3) is 2.88. The maximum atomic E-state index is 13.7. The lowest BCUT2D eigenvalue weighted by atomic mass is 9.95. The van der Waals surface area contributed by atoms with Crippen LogP contribution in [0.5, 0.6) is 0 Å². The maximum Gasteiger partial charge on any atom is 0.246 e. The minimum Gasteiger partial charge on any atom is -0.399 e. The number of sulfonamides is 1. The normalized spacial score (nSPS) is 20.4. The van der Waals surface area contributed by atoms with Crippen molar-refractivity contribution in [3.05, 3.63) is 24.0 Å². The van der Waals surface area contributed by atoms with Crippen LogP contribution in [0.2, 0.25) is 0 Å². The van der Waals surface area contributed by atoms with Crippen LogP contribution in [0.1, 0.15) is 19.8 Å². The van der Waals surface area contributed by atoms with Crippen molar-refractivity contribution in [1.82, 2.24) is 4.31 Å². The van der Waals surface area contributed by atoms with Crippen LogP contribution in [-0.4, -0.2) is 36.5 Å². The fourth-order valence-corrected chi connectivity index (χ4v) is 3.61. The van der Waals surface area contributed by atoms with Gasteiger partial charge in [-0.25, -0.2) is 12.8 Å². The summed E-state index contributed by atoms with van der Waals surface area (Å²) in [6, 6.07) is 3.48. The van der Waals surface area contributed by atoms with Gasteiger partial charge in [-0.05, 0) is 38.0 Å². The highest BCUT2D eigenvalue weighted by Gasteiger charge is 2.35. The quantitative estimate of drug-likeness (QED) is 0.793. The van der Waals surface area contributed by atoms with Gasteiger partial charge in [0.1, 0.15) is 10.7 Å². The second-order valence-corrected chi connectivity index (χ2v) is 7.00. The van der Waals surface area contributed by atoms with Crippen LogP contribution in [0.15, 0.2) is 23.1 Å². The number of nitrogens with two attached hydrogens (primary N) is 1. The first-order valence-electron chi connectivity index (χ1n) is 6.00. The van der Waals surface area contributed by atoms with Gasteiger partial charge < -0.3 is 10.8 Å². The molecule has 1 aliphatic heterocycles. The van der Waals surface area contributed by atoms with E-state index in [4.69, 9.17) is 5.73 Å². The average molecular weight is 288 g/mol. The molecule has 1 heterocycles. The molecule has 0 atom stereocenters. The Balaban J connectivity index is 2.31. The molecule has 1 aromatic carbocycles. The topological polar surface area (TPSA) is 83.6 Å². The van der Waals surface area contributed by atoms with Gasteiger partial charge in [0.2, 0.25) is 10.0 Å². The van der Waals surface area contributed by atoms with Gasteiger partial charge >= 0.3 is 0 Å². The van der Waals surface area contributed by atoms with E-state index in [-0.39, 0.29) is 18.8 Å². The monoisotopic (exact) mass is 288 g/mol. The smallest absolute Gasteiger partial charge is 0.246 e. The summed E-state index contributed by atoms with van der Waals surface area (Å²) in [4.78, 5) is -0.408. The first-order chi connectivity index (χ1) is 8.72. The van der Waals surface area contributed by atoms with Crippen molar-refractivity contribution in [2.45, 2.75) is 30.3 Å². The lowest BCUT2D eigenvalue weighted by Crippen LogP contribution is -2.45. The molecule has 19 heavy (non-hydrogen) atoms. The van der Waals surface area contributed by atoms with Gasteiger partial charge in [-0.15, -0.1) is 0 Å². The molecular formula is C12H17FN2O3S. The Morgan fingerprint density at radius 2 is 1.95 bits per heavy atom. The zero-order valence-electron chi connectivity index (χ0n) is 10.6. The van der Waals surface area contributed by atoms with Crippen LogP contribution in [0.4, 0.5) is 10.1 Å². The molecule has 1 fully saturated rings. The SMILES string of the molecule is CC1(O)CCN(S(=O)(=O)c2cc(N)ccc2F)CC1. The van der Waals surface area contributed by atoms with Crippen LogP contribution in [0.3, 0.4) is 0 Å². The van der Waals surface area contributed by atoms with Crippen molar-refractivity contribution in [3.63, 3.8) is 0 Å². The van der Waals surface area contributed by atoms with E-state index in [0.29, 0.717) is 12.8 Å². The second-order valence-electron chi connectivity index (χ2n) is 5.09. The molecule has 0 radical (unpaired) electrons. The lowest BCUT2D eigenvalue weighted by molar-refractivity contribution is 0.0126. The van der Waals surface area contributed by atoms with E-state index < -0.39 is 26.3 Å². The van der Waals surface area contributed by atoms with Crippen molar-refractivity contribution in [1.29, 1.82) is 0 Å². The van der Waals surface area contributed by atoms with E-state index >= 15 is 0 Å². The molecular weight excluding hydrogens is 271 g/mol. The number of nitrogens with zero attached hydrogens (tertiary/aromatic N) is 1. The number of benzene rings is 1. The Bertz CT molecular complexity index is 577. The number of anilines is 1. The summed E-state index contributed by atoms with van der Waals surface area (Å²) in [7, 11) is -3.90. The Morgan fingerprint density at radius 1 is 1.37 bits per heavy atom. The number of aliphatic hydroxyl groups is 1. The van der Waals surface area contributed by atoms with Crippen molar-refractivity contribution in [3.8, 4) is 0 Å². The summed E-state index contributed by atoms with van der Waals surface area (Å²) in [6.45, 7) is 2.01. The van der Waals surface area contributed by atoms with Crippen molar-refractivity contribution in [2.75, 3.05) is 18.8 Å². The molecule has 1 aliphatic rings. The van der Waals surface area contributed by atoms with Crippen LogP contribution in [0, 0.1) is 5.82 Å². The first-order valence-corrected chi connectivity index (χ1v) is 7.44. The van der Waals surface area contributed by atoms with E-state index in [0.717, 1.165) is 12.1 Å². The van der Waals surface area contributed by atoms with Gasteiger partial charge in [-0.3, -0.25) is 0 Å². The number of nitrogen functional groups attached to an aromatic ring is 1. The highest BCUT2D eigenvalue weighted by molar-refractivity contribution is 7.89. The highest BCUT2D eigenvalue weighted by Crippen LogP contribution is 2.28. The standard InChI is InChI=1S/C12H17FN2O3S/c1-12(16)4-6-15(7-5-12)19(17,18)11-8-9(14)2-3-10(11)13/h2-3,8,16H,4-7,14H2,1H3. The zero-order valence-corrected chi connectivity index (χ0v) is 11.5. The van der Waals surface area contributed by atoms with E-state index in [9.17, 15) is 17.9 Å². The predicted octanol–water partition coefficient (Wildman–Crippen LogP) is 0.943. The Labute approximate surface area is 111 Å². The minimum atomic E-state index is -3.90. The third-order valence-corrected chi connectivity index (χ3v) is 5.29. The molecule has 2 rings (SSSR count). The Morgan fingerprint density at radius 3 is 2.53 bits per heavy atom. The number of rotatable bonds is 2. The number of halogens is 1. The van der Waals surface area contributed by atoms with E-state index in [2.05, 4.69) is 0 Å². The fraction of sp³-hybridized carbons (Fsp3) is 0.500. The first kappa shape index (κ1) is 14.2. The Hall–Kier alpha value is -1.18. The van der Waals surface area contributed by atoms with Gasteiger partial charge in [-0.1, -0.05) is 0 Å². The molecule has 1 aromatic rings. The molecule has 106 valence electrons. The van der Waals surface area contributed by atoms with E-state index in [1.165, 1.54) is 10.4 Å². The summed E-state index contributed by atoms with van der Waals surface area (Å²) in [6.07, 6.45) is 0.659. The minimum absolute atomic E-state index is 0.170. The Kier molecular flexibility index (Phi) is 3.55. The summed E-state index contributed by atoms with van der Waals surface area (Å²) in [5.74, 6) is -0.813. The fourth-order valence-electron chi connectivity index (χ4n) is 2.07. The van der Waals surface area contributed by atoms with Gasteiger partial charge in [0.05, 0.1) is 5.60 Å². The van der Waals surface area contributed by atoms with Crippen LogP contribution in [-0.2, 0) is 10.0 Å². The number of hydrogen-bond donors (Lipinski definition) is 2. The van der Waals surface area contributed by atoms with Gasteiger partial charge in [0, 0.05) is 18.8 Å². The summed E-state index contributed by atoms with van der Waals surface area (Å²) in [5.41, 5.74) is 4.84. The lowest BCUT2D eigenvalue weighted by Gasteiger charge is -2.35.